The minimum absolute atomic E-state index is 0.131. The summed E-state index contributed by atoms with van der Waals surface area (Å²) in [7, 11) is 1.67. The topological polar surface area (TPSA) is 39.7 Å². The van der Waals surface area contributed by atoms with Gasteiger partial charge >= 0.3 is 0 Å². The molecule has 1 fully saturated rings. The van der Waals surface area contributed by atoms with Crippen LogP contribution in [0.15, 0.2) is 24.3 Å². The number of nitrogens with one attached hydrogen (secondary N) is 1. The van der Waals surface area contributed by atoms with Gasteiger partial charge in [0.05, 0.1) is 19.3 Å². The lowest BCUT2D eigenvalue weighted by atomic mass is 10.0. The quantitative estimate of drug-likeness (QED) is 0.810. The predicted octanol–water partition coefficient (Wildman–Crippen LogP) is 1.76. The first-order valence-electron chi connectivity index (χ1n) is 6.38. The summed E-state index contributed by atoms with van der Waals surface area (Å²) >= 11 is 0. The average Bonchev–Trinajstić information content (AvgIpc) is 2.41. The van der Waals surface area contributed by atoms with Crippen molar-refractivity contribution in [2.45, 2.75) is 19.1 Å². The van der Waals surface area contributed by atoms with Gasteiger partial charge in [0.1, 0.15) is 12.4 Å². The number of hydrogen-bond donors (Lipinski definition) is 1. The van der Waals surface area contributed by atoms with Gasteiger partial charge in [-0.1, -0.05) is 12.1 Å². The minimum atomic E-state index is 0.131. The van der Waals surface area contributed by atoms with Crippen molar-refractivity contribution in [1.82, 2.24) is 5.32 Å². The second-order valence-electron chi connectivity index (χ2n) is 4.44. The molecule has 1 heterocycles. The van der Waals surface area contributed by atoms with E-state index in [0.29, 0.717) is 19.3 Å². The van der Waals surface area contributed by atoms with Gasteiger partial charge in [0.25, 0.3) is 0 Å². The second kappa shape index (κ2) is 6.73. The molecule has 4 nitrogen and oxygen atoms in total. The highest BCUT2D eigenvalue weighted by atomic mass is 16.5. The zero-order valence-corrected chi connectivity index (χ0v) is 11.0. The number of methoxy groups -OCH3 is 1. The Morgan fingerprint density at radius 2 is 2.06 bits per heavy atom. The molecule has 1 aromatic carbocycles. The van der Waals surface area contributed by atoms with E-state index in [1.54, 1.807) is 7.11 Å². The molecule has 0 saturated carbocycles. The molecule has 2 rings (SSSR count). The lowest BCUT2D eigenvalue weighted by Gasteiger charge is -2.30. The van der Waals surface area contributed by atoms with E-state index in [4.69, 9.17) is 14.2 Å². The van der Waals surface area contributed by atoms with Crippen LogP contribution in [0.5, 0.6) is 5.75 Å². The lowest BCUT2D eigenvalue weighted by molar-refractivity contribution is -0.000254. The van der Waals surface area contributed by atoms with Crippen molar-refractivity contribution >= 4 is 0 Å². The van der Waals surface area contributed by atoms with Crippen molar-refractivity contribution in [1.29, 1.82) is 0 Å². The van der Waals surface area contributed by atoms with Gasteiger partial charge in [0.2, 0.25) is 0 Å². The maximum absolute atomic E-state index is 5.79. The third-order valence-corrected chi connectivity index (χ3v) is 3.08. The van der Waals surface area contributed by atoms with Crippen LogP contribution in [0.25, 0.3) is 0 Å². The maximum Gasteiger partial charge on any atom is 0.119 e. The average molecular weight is 251 g/mol. The van der Waals surface area contributed by atoms with Crippen molar-refractivity contribution in [2.75, 3.05) is 33.5 Å². The summed E-state index contributed by atoms with van der Waals surface area (Å²) in [6.07, 6.45) is 0.131. The third kappa shape index (κ3) is 3.45. The van der Waals surface area contributed by atoms with E-state index in [-0.39, 0.29) is 6.10 Å². The summed E-state index contributed by atoms with van der Waals surface area (Å²) in [5.41, 5.74) is 1.19. The maximum atomic E-state index is 5.79. The monoisotopic (exact) mass is 251 g/mol. The van der Waals surface area contributed by atoms with Crippen LogP contribution < -0.4 is 10.1 Å². The van der Waals surface area contributed by atoms with Crippen LogP contribution in [-0.4, -0.2) is 39.5 Å². The number of rotatable bonds is 5. The number of benzene rings is 1. The van der Waals surface area contributed by atoms with E-state index >= 15 is 0 Å². The number of hydrogen-bond acceptors (Lipinski definition) is 4. The fraction of sp³-hybridized carbons (Fsp3) is 0.571. The Labute approximate surface area is 108 Å². The number of ether oxygens (including phenoxy) is 3. The minimum Gasteiger partial charge on any atom is -0.491 e. The molecular formula is C14H21NO3. The highest BCUT2D eigenvalue weighted by Crippen LogP contribution is 2.25. The fourth-order valence-electron chi connectivity index (χ4n) is 2.11. The molecule has 0 bridgehead atoms. The normalized spacial score (nSPS) is 23.9. The molecule has 18 heavy (non-hydrogen) atoms. The summed E-state index contributed by atoms with van der Waals surface area (Å²) in [5, 5.41) is 3.41. The molecule has 0 aromatic heterocycles. The van der Waals surface area contributed by atoms with Gasteiger partial charge in [-0.3, -0.25) is 0 Å². The fourth-order valence-corrected chi connectivity index (χ4v) is 2.11. The van der Waals surface area contributed by atoms with E-state index in [0.717, 1.165) is 18.9 Å². The summed E-state index contributed by atoms with van der Waals surface area (Å²) in [4.78, 5) is 0. The van der Waals surface area contributed by atoms with Crippen molar-refractivity contribution in [3.05, 3.63) is 29.8 Å². The van der Waals surface area contributed by atoms with Crippen LogP contribution >= 0.6 is 0 Å². The van der Waals surface area contributed by atoms with E-state index in [2.05, 4.69) is 24.4 Å². The van der Waals surface area contributed by atoms with Crippen LogP contribution in [-0.2, 0) is 9.47 Å². The van der Waals surface area contributed by atoms with Gasteiger partial charge in [-0.05, 0) is 24.6 Å². The lowest BCUT2D eigenvalue weighted by Crippen LogP contribution is -2.41. The van der Waals surface area contributed by atoms with Crippen molar-refractivity contribution in [3.8, 4) is 5.75 Å². The molecule has 1 aliphatic heterocycles. The smallest absolute Gasteiger partial charge is 0.119 e. The van der Waals surface area contributed by atoms with Gasteiger partial charge in [-0.25, -0.2) is 0 Å². The van der Waals surface area contributed by atoms with Crippen molar-refractivity contribution in [3.63, 3.8) is 0 Å². The highest BCUT2D eigenvalue weighted by molar-refractivity contribution is 5.29. The van der Waals surface area contributed by atoms with Gasteiger partial charge in [-0.2, -0.15) is 0 Å². The Hall–Kier alpha value is -1.10. The molecular weight excluding hydrogens is 230 g/mol. The molecule has 2 atom stereocenters. The van der Waals surface area contributed by atoms with Crippen LogP contribution in [0.2, 0.25) is 0 Å². The Morgan fingerprint density at radius 1 is 1.28 bits per heavy atom. The van der Waals surface area contributed by atoms with Gasteiger partial charge in [0, 0.05) is 19.7 Å². The molecule has 1 aromatic rings. The van der Waals surface area contributed by atoms with Gasteiger partial charge in [-0.15, -0.1) is 0 Å². The van der Waals surface area contributed by atoms with Crippen LogP contribution in [0.3, 0.4) is 0 Å². The molecule has 0 radical (unpaired) electrons. The van der Waals surface area contributed by atoms with E-state index < -0.39 is 0 Å². The first-order chi connectivity index (χ1) is 8.81. The zero-order valence-electron chi connectivity index (χ0n) is 11.0. The van der Waals surface area contributed by atoms with E-state index in [1.165, 1.54) is 5.56 Å². The summed E-state index contributed by atoms with van der Waals surface area (Å²) in [6.45, 7) is 5.02. The third-order valence-electron chi connectivity index (χ3n) is 3.08. The first kappa shape index (κ1) is 13.3. The first-order valence-corrected chi connectivity index (χ1v) is 6.38. The molecule has 2 unspecified atom stereocenters. The van der Waals surface area contributed by atoms with E-state index in [1.807, 2.05) is 12.1 Å². The van der Waals surface area contributed by atoms with Crippen molar-refractivity contribution < 1.29 is 14.2 Å². The Balaban J connectivity index is 1.94. The molecule has 100 valence electrons. The Kier molecular flexibility index (Phi) is 4.99. The van der Waals surface area contributed by atoms with Gasteiger partial charge < -0.3 is 19.5 Å². The SMILES string of the molecule is COCCOc1ccc(C2OCCNC2C)cc1. The molecule has 1 N–H and O–H groups in total. The second-order valence-corrected chi connectivity index (χ2v) is 4.44. The van der Waals surface area contributed by atoms with Crippen LogP contribution in [0.1, 0.15) is 18.6 Å². The Bertz CT molecular complexity index is 353. The largest absolute Gasteiger partial charge is 0.491 e. The molecule has 1 saturated heterocycles. The predicted molar refractivity (Wildman–Crippen MR) is 70.0 cm³/mol. The molecule has 0 spiro atoms. The molecule has 0 amide bonds. The van der Waals surface area contributed by atoms with Crippen LogP contribution in [0, 0.1) is 0 Å². The van der Waals surface area contributed by atoms with E-state index in [9.17, 15) is 0 Å². The van der Waals surface area contributed by atoms with Crippen molar-refractivity contribution in [2.24, 2.45) is 0 Å². The molecule has 0 aliphatic carbocycles. The number of morpholine rings is 1. The Morgan fingerprint density at radius 3 is 2.72 bits per heavy atom. The summed E-state index contributed by atoms with van der Waals surface area (Å²) < 4.78 is 16.3. The zero-order chi connectivity index (χ0) is 12.8. The van der Waals surface area contributed by atoms with Gasteiger partial charge in [0.15, 0.2) is 0 Å². The standard InChI is InChI=1S/C14H21NO3/c1-11-14(18-8-7-15-11)12-3-5-13(6-4-12)17-10-9-16-2/h3-6,11,14-15H,7-10H2,1-2H3. The summed E-state index contributed by atoms with van der Waals surface area (Å²) in [6, 6.07) is 8.44. The van der Waals surface area contributed by atoms with Crippen LogP contribution in [0.4, 0.5) is 0 Å². The molecule has 1 aliphatic rings. The molecule has 4 heteroatoms. The highest BCUT2D eigenvalue weighted by Gasteiger charge is 2.22. The summed E-state index contributed by atoms with van der Waals surface area (Å²) in [5.74, 6) is 0.868.